The molecule has 1 aliphatic carbocycles. The van der Waals surface area contributed by atoms with Gasteiger partial charge in [0.05, 0.1) is 24.4 Å². The fourth-order valence-electron chi connectivity index (χ4n) is 4.72. The highest BCUT2D eigenvalue weighted by Crippen LogP contribution is 2.20. The van der Waals surface area contributed by atoms with Crippen molar-refractivity contribution in [1.29, 1.82) is 0 Å². The summed E-state index contributed by atoms with van der Waals surface area (Å²) in [5.41, 5.74) is 5.24. The molecule has 0 bridgehead atoms. The average Bonchev–Trinajstić information content (AvgIpc) is 2.81. The lowest BCUT2D eigenvalue weighted by Crippen LogP contribution is -2.37. The lowest BCUT2D eigenvalue weighted by molar-refractivity contribution is -0.131. The molecule has 0 saturated carbocycles. The van der Waals surface area contributed by atoms with E-state index in [0.717, 1.165) is 30.5 Å². The van der Waals surface area contributed by atoms with Gasteiger partial charge in [-0.3, -0.25) is 4.79 Å². The number of fused-ring (bicyclic) bond motifs is 1. The van der Waals surface area contributed by atoms with Crippen LogP contribution < -0.4 is 5.32 Å². The number of nitrogens with zero attached hydrogens (tertiary/aromatic N) is 1. The Hall–Kier alpha value is -2.93. The fraction of sp³-hybridized carbons (Fsp3) is 0.393. The first-order valence-electron chi connectivity index (χ1n) is 12.0. The molecular weight excluding hydrogens is 428 g/mol. The van der Waals surface area contributed by atoms with E-state index in [-0.39, 0.29) is 24.1 Å². The highest BCUT2D eigenvalue weighted by Gasteiger charge is 2.21. The van der Waals surface area contributed by atoms with E-state index in [4.69, 9.17) is 0 Å². The zero-order chi connectivity index (χ0) is 24.1. The summed E-state index contributed by atoms with van der Waals surface area (Å²) in [4.78, 5) is 14.9. The van der Waals surface area contributed by atoms with Crippen LogP contribution in [0.4, 0.5) is 0 Å². The molecule has 1 aliphatic heterocycles. The zero-order valence-corrected chi connectivity index (χ0v) is 19.7. The molecule has 180 valence electrons. The minimum absolute atomic E-state index is 0.0808. The molecule has 2 aliphatic rings. The zero-order valence-electron chi connectivity index (χ0n) is 19.7. The number of hydrogen-bond acceptors (Lipinski definition) is 5. The normalized spacial score (nSPS) is 19.6. The van der Waals surface area contributed by atoms with Crippen molar-refractivity contribution >= 4 is 5.91 Å². The molecule has 1 heterocycles. The summed E-state index contributed by atoms with van der Waals surface area (Å²) < 4.78 is 0. The van der Waals surface area contributed by atoms with Crippen LogP contribution in [-0.2, 0) is 30.6 Å². The van der Waals surface area contributed by atoms with Crippen LogP contribution in [0.15, 0.2) is 72.0 Å². The van der Waals surface area contributed by atoms with Crippen LogP contribution in [-0.4, -0.2) is 57.5 Å². The number of carbonyl (C=O) groups excluding carboxylic acids is 1. The molecule has 6 nitrogen and oxygen atoms in total. The van der Waals surface area contributed by atoms with Crippen LogP contribution in [0.25, 0.3) is 0 Å². The van der Waals surface area contributed by atoms with Crippen molar-refractivity contribution in [3.8, 4) is 0 Å². The van der Waals surface area contributed by atoms with Gasteiger partial charge in [-0.05, 0) is 59.7 Å². The molecule has 6 heteroatoms. The first-order valence-corrected chi connectivity index (χ1v) is 12.0. The van der Waals surface area contributed by atoms with Crippen molar-refractivity contribution in [2.24, 2.45) is 0 Å². The monoisotopic (exact) mass is 462 g/mol. The van der Waals surface area contributed by atoms with Gasteiger partial charge in [-0.15, -0.1) is 0 Å². The molecule has 0 aromatic heterocycles. The van der Waals surface area contributed by atoms with Gasteiger partial charge in [0.25, 0.3) is 0 Å². The van der Waals surface area contributed by atoms with Gasteiger partial charge in [0, 0.05) is 32.1 Å². The molecule has 34 heavy (non-hydrogen) atoms. The average molecular weight is 463 g/mol. The van der Waals surface area contributed by atoms with Crippen LogP contribution in [0.2, 0.25) is 0 Å². The van der Waals surface area contributed by atoms with E-state index in [2.05, 4.69) is 35.6 Å². The van der Waals surface area contributed by atoms with E-state index in [1.165, 1.54) is 17.2 Å². The van der Waals surface area contributed by atoms with Crippen molar-refractivity contribution in [2.45, 2.75) is 57.4 Å². The molecular formula is C28H34N2O4. The third kappa shape index (κ3) is 6.35. The lowest BCUT2D eigenvalue weighted by atomic mass is 9.98. The van der Waals surface area contributed by atoms with Crippen molar-refractivity contribution < 1.29 is 20.1 Å². The van der Waals surface area contributed by atoms with Crippen molar-refractivity contribution in [3.05, 3.63) is 94.3 Å². The first kappa shape index (κ1) is 24.2. The van der Waals surface area contributed by atoms with Crippen LogP contribution in [0.1, 0.15) is 35.6 Å². The van der Waals surface area contributed by atoms with Gasteiger partial charge in [-0.2, -0.15) is 0 Å². The third-order valence-corrected chi connectivity index (χ3v) is 6.55. The SMILES string of the molecule is C[C@H](Cc1cccc(CC(=O)N2CCc3ccccc3C2)c1)NC[C@H](O)C1=CC(O)CC(O)=C1. The number of amides is 1. The summed E-state index contributed by atoms with van der Waals surface area (Å²) in [5, 5.41) is 33.2. The topological polar surface area (TPSA) is 93.0 Å². The molecule has 0 saturated heterocycles. The maximum absolute atomic E-state index is 12.9. The number of carbonyl (C=O) groups is 1. The number of hydrogen-bond donors (Lipinski definition) is 4. The highest BCUT2D eigenvalue weighted by molar-refractivity contribution is 5.79. The maximum atomic E-state index is 12.9. The molecule has 1 unspecified atom stereocenters. The summed E-state index contributed by atoms with van der Waals surface area (Å²) in [6, 6.07) is 16.6. The molecule has 0 spiro atoms. The summed E-state index contributed by atoms with van der Waals surface area (Å²) in [5.74, 6) is 0.234. The second kappa shape index (κ2) is 11.0. The molecule has 4 N–H and O–H groups in total. The van der Waals surface area contributed by atoms with Gasteiger partial charge >= 0.3 is 0 Å². The largest absolute Gasteiger partial charge is 0.512 e. The van der Waals surface area contributed by atoms with Gasteiger partial charge in [-0.1, -0.05) is 48.5 Å². The molecule has 4 rings (SSSR count). The summed E-state index contributed by atoms with van der Waals surface area (Å²) in [6.07, 6.45) is 3.77. The molecule has 3 atom stereocenters. The maximum Gasteiger partial charge on any atom is 0.227 e. The summed E-state index contributed by atoms with van der Waals surface area (Å²) >= 11 is 0. The van der Waals surface area contributed by atoms with E-state index in [1.54, 1.807) is 6.08 Å². The Bertz CT molecular complexity index is 1080. The summed E-state index contributed by atoms with van der Waals surface area (Å²) in [7, 11) is 0. The first-order chi connectivity index (χ1) is 16.4. The van der Waals surface area contributed by atoms with Crippen LogP contribution >= 0.6 is 0 Å². The molecule has 1 amide bonds. The minimum Gasteiger partial charge on any atom is -0.512 e. The Morgan fingerprint density at radius 3 is 2.71 bits per heavy atom. The van der Waals surface area contributed by atoms with Gasteiger partial charge in [0.1, 0.15) is 0 Å². The second-order valence-corrected chi connectivity index (χ2v) is 9.43. The van der Waals surface area contributed by atoms with E-state index in [1.807, 2.05) is 30.0 Å². The van der Waals surface area contributed by atoms with Crippen molar-refractivity contribution in [3.63, 3.8) is 0 Å². The van der Waals surface area contributed by atoms with E-state index < -0.39 is 12.2 Å². The number of benzene rings is 2. The molecule has 0 fully saturated rings. The highest BCUT2D eigenvalue weighted by atomic mass is 16.3. The predicted molar refractivity (Wildman–Crippen MR) is 132 cm³/mol. The summed E-state index contributed by atoms with van der Waals surface area (Å²) in [6.45, 7) is 3.81. The smallest absolute Gasteiger partial charge is 0.227 e. The Morgan fingerprint density at radius 1 is 1.15 bits per heavy atom. The quantitative estimate of drug-likeness (QED) is 0.484. The Morgan fingerprint density at radius 2 is 1.91 bits per heavy atom. The van der Waals surface area contributed by atoms with Crippen LogP contribution in [0, 0.1) is 0 Å². The van der Waals surface area contributed by atoms with E-state index >= 15 is 0 Å². The van der Waals surface area contributed by atoms with Crippen LogP contribution in [0.5, 0.6) is 0 Å². The Kier molecular flexibility index (Phi) is 7.83. The lowest BCUT2D eigenvalue weighted by Gasteiger charge is -2.29. The number of aliphatic hydroxyl groups excluding tert-OH is 3. The van der Waals surface area contributed by atoms with E-state index in [9.17, 15) is 20.1 Å². The van der Waals surface area contributed by atoms with Crippen molar-refractivity contribution in [2.75, 3.05) is 13.1 Å². The Labute approximate surface area is 201 Å². The standard InChI is InChI=1S/C28H34N2O4/c1-19(29-17-27(33)24-14-25(31)16-26(32)15-24)11-20-5-4-6-21(12-20)13-28(34)30-10-9-22-7-2-3-8-23(22)18-30/h2-8,12,14-15,19,25,27,29,31-33H,9-11,13,16-18H2,1H3/t19-,25?,27+/m1/s1. The second-order valence-electron chi connectivity index (χ2n) is 9.43. The number of aliphatic hydroxyl groups is 3. The molecule has 2 aromatic rings. The fourth-order valence-corrected chi connectivity index (χ4v) is 4.72. The van der Waals surface area contributed by atoms with Gasteiger partial charge < -0.3 is 25.5 Å². The van der Waals surface area contributed by atoms with Crippen LogP contribution in [0.3, 0.4) is 0 Å². The third-order valence-electron chi connectivity index (χ3n) is 6.55. The molecule has 2 aromatic carbocycles. The number of rotatable bonds is 8. The number of nitrogens with one attached hydrogen (secondary N) is 1. The van der Waals surface area contributed by atoms with Gasteiger partial charge in [0.15, 0.2) is 0 Å². The molecule has 0 radical (unpaired) electrons. The van der Waals surface area contributed by atoms with E-state index in [0.29, 0.717) is 25.1 Å². The predicted octanol–water partition coefficient (Wildman–Crippen LogP) is 2.83. The Balaban J connectivity index is 1.28. The minimum atomic E-state index is -0.807. The van der Waals surface area contributed by atoms with Crippen molar-refractivity contribution in [1.82, 2.24) is 10.2 Å². The van der Waals surface area contributed by atoms with Gasteiger partial charge in [-0.25, -0.2) is 0 Å². The van der Waals surface area contributed by atoms with Gasteiger partial charge in [0.2, 0.25) is 5.91 Å².